The highest BCUT2D eigenvalue weighted by Crippen LogP contribution is 2.37. The fraction of sp³-hybridized carbons (Fsp3) is 0.273. The molecule has 3 rings (SSSR count). The predicted octanol–water partition coefficient (Wildman–Crippen LogP) is 3.11. The minimum absolute atomic E-state index is 0.0213. The lowest BCUT2D eigenvalue weighted by atomic mass is 9.90. The summed E-state index contributed by atoms with van der Waals surface area (Å²) in [6.07, 6.45) is 0.788. The molecule has 1 N–H and O–H groups in total. The van der Waals surface area contributed by atoms with Crippen LogP contribution in [0.4, 0.5) is 4.79 Å². The first-order valence-electron chi connectivity index (χ1n) is 8.99. The van der Waals surface area contributed by atoms with E-state index in [1.807, 2.05) is 54.6 Å². The van der Waals surface area contributed by atoms with Crippen molar-refractivity contribution in [1.82, 2.24) is 4.90 Å². The van der Waals surface area contributed by atoms with Crippen molar-refractivity contribution in [3.63, 3.8) is 0 Å². The highest BCUT2D eigenvalue weighted by Gasteiger charge is 2.50. The standard InChI is InChI=1S/C22H23NO5/c1-3-13-28-21(25)23-15-22(26,14-19(23)20(24)27-2)18-11-9-17(10-12-18)16-7-5-4-6-8-16/h3-12,19,26H,1,13-15H2,2H3/t19-,22-/m0/s1. The van der Waals surface area contributed by atoms with E-state index in [1.54, 1.807) is 0 Å². The Morgan fingerprint density at radius 3 is 2.43 bits per heavy atom. The summed E-state index contributed by atoms with van der Waals surface area (Å²) in [5.74, 6) is -0.590. The molecule has 0 radical (unpaired) electrons. The van der Waals surface area contributed by atoms with E-state index < -0.39 is 23.7 Å². The second-order valence-electron chi connectivity index (χ2n) is 6.71. The van der Waals surface area contributed by atoms with Gasteiger partial charge in [-0.2, -0.15) is 0 Å². The number of nitrogens with zero attached hydrogens (tertiary/aromatic N) is 1. The number of ether oxygens (including phenoxy) is 2. The van der Waals surface area contributed by atoms with Crippen LogP contribution in [-0.4, -0.2) is 48.4 Å². The van der Waals surface area contributed by atoms with Crippen molar-refractivity contribution >= 4 is 12.1 Å². The second-order valence-corrected chi connectivity index (χ2v) is 6.71. The molecule has 2 aromatic carbocycles. The normalized spacial score (nSPS) is 21.2. The molecule has 146 valence electrons. The first kappa shape index (κ1) is 19.6. The van der Waals surface area contributed by atoms with Crippen molar-refractivity contribution in [3.8, 4) is 11.1 Å². The minimum atomic E-state index is -1.37. The monoisotopic (exact) mass is 381 g/mol. The Labute approximate surface area is 164 Å². The van der Waals surface area contributed by atoms with Crippen LogP contribution in [0.25, 0.3) is 11.1 Å². The van der Waals surface area contributed by atoms with Crippen LogP contribution in [-0.2, 0) is 19.9 Å². The van der Waals surface area contributed by atoms with Crippen molar-refractivity contribution < 1.29 is 24.2 Å². The van der Waals surface area contributed by atoms with E-state index in [2.05, 4.69) is 6.58 Å². The fourth-order valence-corrected chi connectivity index (χ4v) is 3.45. The molecule has 0 aliphatic carbocycles. The highest BCUT2D eigenvalue weighted by molar-refractivity contribution is 5.82. The molecule has 2 atom stereocenters. The molecule has 2 aromatic rings. The van der Waals surface area contributed by atoms with Gasteiger partial charge in [0.2, 0.25) is 0 Å². The third kappa shape index (κ3) is 3.92. The lowest BCUT2D eigenvalue weighted by Gasteiger charge is -2.24. The van der Waals surface area contributed by atoms with Gasteiger partial charge in [0.05, 0.1) is 13.7 Å². The Hall–Kier alpha value is -3.12. The fourth-order valence-electron chi connectivity index (χ4n) is 3.45. The molecule has 1 amide bonds. The van der Waals surface area contributed by atoms with E-state index in [0.29, 0.717) is 5.56 Å². The first-order chi connectivity index (χ1) is 13.5. The lowest BCUT2D eigenvalue weighted by molar-refractivity contribution is -0.145. The van der Waals surface area contributed by atoms with Gasteiger partial charge >= 0.3 is 12.1 Å². The van der Waals surface area contributed by atoms with E-state index in [9.17, 15) is 14.7 Å². The molecule has 0 spiro atoms. The molecule has 6 heteroatoms. The summed E-state index contributed by atoms with van der Waals surface area (Å²) in [4.78, 5) is 25.7. The van der Waals surface area contributed by atoms with Gasteiger partial charge in [0.15, 0.2) is 0 Å². The molecule has 1 aliphatic rings. The van der Waals surface area contributed by atoms with E-state index in [0.717, 1.165) is 11.1 Å². The zero-order chi connectivity index (χ0) is 20.1. The summed E-state index contributed by atoms with van der Waals surface area (Å²) in [5.41, 5.74) is 1.33. The Morgan fingerprint density at radius 2 is 1.82 bits per heavy atom. The SMILES string of the molecule is C=CCOC(=O)N1C[C@](O)(c2ccc(-c3ccccc3)cc2)C[C@H]1C(=O)OC. The van der Waals surface area contributed by atoms with Crippen molar-refractivity contribution in [2.75, 3.05) is 20.3 Å². The number of benzene rings is 2. The third-order valence-corrected chi connectivity index (χ3v) is 4.90. The number of hydrogen-bond donors (Lipinski definition) is 1. The van der Waals surface area contributed by atoms with Crippen LogP contribution < -0.4 is 0 Å². The molecule has 28 heavy (non-hydrogen) atoms. The van der Waals surface area contributed by atoms with E-state index >= 15 is 0 Å². The number of amides is 1. The predicted molar refractivity (Wildman–Crippen MR) is 104 cm³/mol. The second kappa shape index (κ2) is 8.27. The summed E-state index contributed by atoms with van der Waals surface area (Å²) in [6, 6.07) is 16.4. The average molecular weight is 381 g/mol. The maximum Gasteiger partial charge on any atom is 0.410 e. The van der Waals surface area contributed by atoms with Crippen LogP contribution in [0.15, 0.2) is 67.3 Å². The number of esters is 1. The highest BCUT2D eigenvalue weighted by atomic mass is 16.6. The van der Waals surface area contributed by atoms with Crippen LogP contribution in [0.5, 0.6) is 0 Å². The molecule has 1 fully saturated rings. The van der Waals surface area contributed by atoms with E-state index in [-0.39, 0.29) is 19.6 Å². The van der Waals surface area contributed by atoms with Gasteiger partial charge in [-0.15, -0.1) is 0 Å². The molecule has 1 aliphatic heterocycles. The number of β-amino-alcohol motifs (C(OH)–C–C–N with tert-alkyl or cyclic N) is 1. The lowest BCUT2D eigenvalue weighted by Crippen LogP contribution is -2.42. The molecule has 1 heterocycles. The zero-order valence-corrected chi connectivity index (χ0v) is 15.7. The molecule has 1 saturated heterocycles. The van der Waals surface area contributed by atoms with Crippen LogP contribution in [0.1, 0.15) is 12.0 Å². The number of carbonyl (C=O) groups excluding carboxylic acids is 2. The van der Waals surface area contributed by atoms with Gasteiger partial charge in [-0.3, -0.25) is 4.90 Å². The summed E-state index contributed by atoms with van der Waals surface area (Å²) >= 11 is 0. The van der Waals surface area contributed by atoms with Crippen molar-refractivity contribution in [1.29, 1.82) is 0 Å². The Bertz CT molecular complexity index is 849. The quantitative estimate of drug-likeness (QED) is 0.636. The zero-order valence-electron chi connectivity index (χ0n) is 15.7. The maximum absolute atomic E-state index is 12.3. The molecule has 0 saturated carbocycles. The van der Waals surface area contributed by atoms with E-state index in [4.69, 9.17) is 9.47 Å². The van der Waals surface area contributed by atoms with Crippen molar-refractivity contribution in [2.45, 2.75) is 18.1 Å². The Balaban J connectivity index is 1.85. The van der Waals surface area contributed by atoms with Gasteiger partial charge < -0.3 is 14.6 Å². The van der Waals surface area contributed by atoms with Crippen molar-refractivity contribution in [2.24, 2.45) is 0 Å². The number of rotatable bonds is 5. The summed E-state index contributed by atoms with van der Waals surface area (Å²) in [5, 5.41) is 11.2. The average Bonchev–Trinajstić information content (AvgIpc) is 3.11. The largest absolute Gasteiger partial charge is 0.467 e. The minimum Gasteiger partial charge on any atom is -0.467 e. The van der Waals surface area contributed by atoms with Crippen LogP contribution in [0.3, 0.4) is 0 Å². The smallest absolute Gasteiger partial charge is 0.410 e. The number of aliphatic hydroxyl groups is 1. The number of hydrogen-bond acceptors (Lipinski definition) is 5. The topological polar surface area (TPSA) is 76.1 Å². The van der Waals surface area contributed by atoms with Crippen LogP contribution in [0, 0.1) is 0 Å². The maximum atomic E-state index is 12.3. The Morgan fingerprint density at radius 1 is 1.18 bits per heavy atom. The molecule has 0 aromatic heterocycles. The van der Waals surface area contributed by atoms with Gasteiger partial charge in [-0.05, 0) is 16.7 Å². The molecular formula is C22H23NO5. The van der Waals surface area contributed by atoms with Crippen LogP contribution in [0.2, 0.25) is 0 Å². The van der Waals surface area contributed by atoms with Gasteiger partial charge in [0.1, 0.15) is 18.2 Å². The van der Waals surface area contributed by atoms with Gasteiger partial charge in [0, 0.05) is 6.42 Å². The van der Waals surface area contributed by atoms with E-state index in [1.165, 1.54) is 18.1 Å². The number of likely N-dealkylation sites (tertiary alicyclic amines) is 1. The summed E-state index contributed by atoms with van der Waals surface area (Å²) in [7, 11) is 1.25. The number of methoxy groups -OCH3 is 1. The first-order valence-corrected chi connectivity index (χ1v) is 8.99. The molecule has 0 bridgehead atoms. The van der Waals surface area contributed by atoms with Gasteiger partial charge in [-0.1, -0.05) is 67.3 Å². The molecule has 6 nitrogen and oxygen atoms in total. The summed E-state index contributed by atoms with van der Waals surface area (Å²) in [6.45, 7) is 3.46. The Kier molecular flexibility index (Phi) is 5.80. The van der Waals surface area contributed by atoms with Crippen LogP contribution >= 0.6 is 0 Å². The third-order valence-electron chi connectivity index (χ3n) is 4.90. The molecular weight excluding hydrogens is 358 g/mol. The van der Waals surface area contributed by atoms with Crippen molar-refractivity contribution in [3.05, 3.63) is 72.8 Å². The number of carbonyl (C=O) groups is 2. The molecule has 0 unspecified atom stereocenters. The van der Waals surface area contributed by atoms with Gasteiger partial charge in [0.25, 0.3) is 0 Å². The van der Waals surface area contributed by atoms with Gasteiger partial charge in [-0.25, -0.2) is 9.59 Å². The summed E-state index contributed by atoms with van der Waals surface area (Å²) < 4.78 is 9.86.